The quantitative estimate of drug-likeness (QED) is 0.855. The lowest BCUT2D eigenvalue weighted by Crippen LogP contribution is -2.26. The predicted octanol–water partition coefficient (Wildman–Crippen LogP) is 3.83. The van der Waals surface area contributed by atoms with Crippen LogP contribution < -0.4 is 5.32 Å². The Morgan fingerprint density at radius 1 is 1.26 bits per heavy atom. The van der Waals surface area contributed by atoms with Crippen LogP contribution in [0.1, 0.15) is 49.4 Å². The third-order valence-electron chi connectivity index (χ3n) is 3.34. The van der Waals surface area contributed by atoms with Crippen molar-refractivity contribution in [2.75, 3.05) is 6.54 Å². The molecule has 3 nitrogen and oxygen atoms in total. The molecule has 0 fully saturated rings. The number of furan rings is 1. The lowest BCUT2D eigenvalue weighted by molar-refractivity contribution is 0.364. The molecule has 3 heteroatoms. The lowest BCUT2D eigenvalue weighted by atomic mass is 9.95. The van der Waals surface area contributed by atoms with Gasteiger partial charge in [0.1, 0.15) is 11.5 Å². The summed E-state index contributed by atoms with van der Waals surface area (Å²) in [6, 6.07) is 10.3. The molecule has 0 aromatic carbocycles. The van der Waals surface area contributed by atoms with Gasteiger partial charge >= 0.3 is 0 Å². The number of hydrogen-bond acceptors (Lipinski definition) is 3. The van der Waals surface area contributed by atoms with Crippen LogP contribution in [-0.4, -0.2) is 11.5 Å². The van der Waals surface area contributed by atoms with Gasteiger partial charge in [0.2, 0.25) is 0 Å². The van der Waals surface area contributed by atoms with E-state index in [9.17, 15) is 0 Å². The molecule has 2 rings (SSSR count). The van der Waals surface area contributed by atoms with E-state index >= 15 is 0 Å². The van der Waals surface area contributed by atoms with Crippen LogP contribution in [0.3, 0.4) is 0 Å². The summed E-state index contributed by atoms with van der Waals surface area (Å²) in [6.45, 7) is 7.31. The average Bonchev–Trinajstić information content (AvgIpc) is 2.86. The highest BCUT2D eigenvalue weighted by molar-refractivity contribution is 5.18. The van der Waals surface area contributed by atoms with E-state index in [4.69, 9.17) is 4.42 Å². The van der Waals surface area contributed by atoms with Crippen molar-refractivity contribution in [1.82, 2.24) is 10.3 Å². The maximum absolute atomic E-state index is 5.80. The van der Waals surface area contributed by atoms with Crippen molar-refractivity contribution in [3.8, 4) is 0 Å². The number of aromatic nitrogens is 1. The second-order valence-corrected chi connectivity index (χ2v) is 4.92. The summed E-state index contributed by atoms with van der Waals surface area (Å²) in [4.78, 5) is 4.46. The minimum atomic E-state index is 0.170. The minimum absolute atomic E-state index is 0.170. The van der Waals surface area contributed by atoms with Gasteiger partial charge in [0, 0.05) is 17.8 Å². The zero-order valence-electron chi connectivity index (χ0n) is 11.9. The first-order valence-electron chi connectivity index (χ1n) is 6.93. The van der Waals surface area contributed by atoms with Crippen LogP contribution in [0.2, 0.25) is 0 Å². The molecule has 0 amide bonds. The van der Waals surface area contributed by atoms with E-state index in [1.54, 1.807) is 0 Å². The molecule has 102 valence electrons. The summed E-state index contributed by atoms with van der Waals surface area (Å²) >= 11 is 0. The number of nitrogens with zero attached hydrogens (tertiary/aromatic N) is 1. The van der Waals surface area contributed by atoms with Gasteiger partial charge in [0.15, 0.2) is 0 Å². The van der Waals surface area contributed by atoms with E-state index in [1.165, 1.54) is 0 Å². The Labute approximate surface area is 115 Å². The molecular formula is C16H22N2O. The number of nitrogens with one attached hydrogen (secondary N) is 1. The summed E-state index contributed by atoms with van der Waals surface area (Å²) < 4.78 is 5.80. The molecule has 0 saturated carbocycles. The van der Waals surface area contributed by atoms with Gasteiger partial charge in [0.25, 0.3) is 0 Å². The largest absolute Gasteiger partial charge is 0.465 e. The average molecular weight is 258 g/mol. The van der Waals surface area contributed by atoms with Crippen molar-refractivity contribution in [2.24, 2.45) is 0 Å². The molecule has 19 heavy (non-hydrogen) atoms. The van der Waals surface area contributed by atoms with Gasteiger partial charge in [-0.15, -0.1) is 0 Å². The molecule has 1 N–H and O–H groups in total. The molecule has 0 aliphatic heterocycles. The fourth-order valence-corrected chi connectivity index (χ4v) is 2.26. The van der Waals surface area contributed by atoms with Gasteiger partial charge in [-0.05, 0) is 44.2 Å². The van der Waals surface area contributed by atoms with E-state index in [1.807, 2.05) is 31.3 Å². The van der Waals surface area contributed by atoms with Crippen LogP contribution in [0.25, 0.3) is 0 Å². The SMILES string of the molecule is CCCNC(c1ccc(C)o1)C(C)c1ccccn1. The fourth-order valence-electron chi connectivity index (χ4n) is 2.26. The Bertz CT molecular complexity index is 492. The molecule has 2 aromatic rings. The number of pyridine rings is 1. The Kier molecular flexibility index (Phi) is 4.74. The van der Waals surface area contributed by atoms with E-state index in [0.717, 1.165) is 30.2 Å². The fraction of sp³-hybridized carbons (Fsp3) is 0.438. The van der Waals surface area contributed by atoms with Crippen LogP contribution in [0.5, 0.6) is 0 Å². The normalized spacial score (nSPS) is 14.3. The Balaban J connectivity index is 2.22. The van der Waals surface area contributed by atoms with Crippen molar-refractivity contribution in [2.45, 2.75) is 39.2 Å². The van der Waals surface area contributed by atoms with Gasteiger partial charge in [-0.25, -0.2) is 0 Å². The summed E-state index contributed by atoms with van der Waals surface area (Å²) in [5, 5.41) is 3.56. The van der Waals surface area contributed by atoms with Crippen LogP contribution in [0, 0.1) is 6.92 Å². The molecule has 0 aliphatic rings. The van der Waals surface area contributed by atoms with Crippen LogP contribution >= 0.6 is 0 Å². The number of hydrogen-bond donors (Lipinski definition) is 1. The maximum Gasteiger partial charge on any atom is 0.121 e. The van der Waals surface area contributed by atoms with E-state index in [-0.39, 0.29) is 12.0 Å². The van der Waals surface area contributed by atoms with Crippen molar-refractivity contribution in [3.05, 3.63) is 53.7 Å². The molecule has 2 atom stereocenters. The Morgan fingerprint density at radius 3 is 2.68 bits per heavy atom. The van der Waals surface area contributed by atoms with Crippen LogP contribution in [-0.2, 0) is 0 Å². The molecule has 0 spiro atoms. The van der Waals surface area contributed by atoms with E-state index < -0.39 is 0 Å². The zero-order chi connectivity index (χ0) is 13.7. The summed E-state index contributed by atoms with van der Waals surface area (Å²) in [7, 11) is 0. The van der Waals surface area contributed by atoms with Gasteiger partial charge in [0.05, 0.1) is 6.04 Å². The molecule has 2 heterocycles. The predicted molar refractivity (Wildman–Crippen MR) is 77.1 cm³/mol. The van der Waals surface area contributed by atoms with Crippen molar-refractivity contribution < 1.29 is 4.42 Å². The Morgan fingerprint density at radius 2 is 2.11 bits per heavy atom. The first-order chi connectivity index (χ1) is 9.22. The first-order valence-corrected chi connectivity index (χ1v) is 6.93. The first kappa shape index (κ1) is 13.8. The molecule has 0 saturated heterocycles. The molecule has 0 radical (unpaired) electrons. The summed E-state index contributed by atoms with van der Waals surface area (Å²) in [5.41, 5.74) is 1.09. The standard InChI is InChI=1S/C16H22N2O/c1-4-10-18-16(15-9-8-12(2)19-15)13(3)14-7-5-6-11-17-14/h5-9,11,13,16,18H,4,10H2,1-3H3. The monoisotopic (exact) mass is 258 g/mol. The smallest absolute Gasteiger partial charge is 0.121 e. The van der Waals surface area contributed by atoms with E-state index in [0.29, 0.717) is 0 Å². The summed E-state index contributed by atoms with van der Waals surface area (Å²) in [5.74, 6) is 2.22. The van der Waals surface area contributed by atoms with Gasteiger partial charge in [-0.2, -0.15) is 0 Å². The Hall–Kier alpha value is -1.61. The van der Waals surface area contributed by atoms with Crippen molar-refractivity contribution in [3.63, 3.8) is 0 Å². The second-order valence-electron chi connectivity index (χ2n) is 4.92. The summed E-state index contributed by atoms with van der Waals surface area (Å²) in [6.07, 6.45) is 2.95. The van der Waals surface area contributed by atoms with Crippen LogP contribution in [0.15, 0.2) is 40.9 Å². The minimum Gasteiger partial charge on any atom is -0.465 e. The third kappa shape index (κ3) is 3.44. The molecule has 2 unspecified atom stereocenters. The molecule has 2 aromatic heterocycles. The van der Waals surface area contributed by atoms with Gasteiger partial charge in [-0.1, -0.05) is 19.9 Å². The highest BCUT2D eigenvalue weighted by Crippen LogP contribution is 2.30. The van der Waals surface area contributed by atoms with Crippen LogP contribution in [0.4, 0.5) is 0 Å². The zero-order valence-corrected chi connectivity index (χ0v) is 11.9. The van der Waals surface area contributed by atoms with Gasteiger partial charge in [-0.3, -0.25) is 4.98 Å². The maximum atomic E-state index is 5.80. The van der Waals surface area contributed by atoms with Gasteiger partial charge < -0.3 is 9.73 Å². The number of aryl methyl sites for hydroxylation is 1. The molecule has 0 bridgehead atoms. The van der Waals surface area contributed by atoms with E-state index in [2.05, 4.69) is 36.3 Å². The topological polar surface area (TPSA) is 38.1 Å². The van der Waals surface area contributed by atoms with Crippen molar-refractivity contribution in [1.29, 1.82) is 0 Å². The third-order valence-corrected chi connectivity index (χ3v) is 3.34. The molecule has 0 aliphatic carbocycles. The highest BCUT2D eigenvalue weighted by atomic mass is 16.3. The second kappa shape index (κ2) is 6.53. The van der Waals surface area contributed by atoms with Crippen molar-refractivity contribution >= 4 is 0 Å². The highest BCUT2D eigenvalue weighted by Gasteiger charge is 2.23. The number of rotatable bonds is 6. The lowest BCUT2D eigenvalue weighted by Gasteiger charge is -2.23. The molecular weight excluding hydrogens is 236 g/mol.